The lowest BCUT2D eigenvalue weighted by molar-refractivity contribution is -0.127. The van der Waals surface area contributed by atoms with E-state index in [0.29, 0.717) is 12.5 Å². The monoisotopic (exact) mass is 366 g/mol. The van der Waals surface area contributed by atoms with Crippen molar-refractivity contribution in [3.8, 4) is 0 Å². The minimum atomic E-state index is -0.00359. The highest BCUT2D eigenvalue weighted by Crippen LogP contribution is 2.27. The van der Waals surface area contributed by atoms with Gasteiger partial charge in [-0.25, -0.2) is 4.99 Å². The predicted molar refractivity (Wildman–Crippen MR) is 85.3 cm³/mol. The van der Waals surface area contributed by atoms with Gasteiger partial charge in [-0.1, -0.05) is 6.08 Å². The maximum absolute atomic E-state index is 11.4. The van der Waals surface area contributed by atoms with E-state index in [4.69, 9.17) is 0 Å². The smallest absolute Gasteiger partial charge is 0.243 e. The molecular weight excluding hydrogens is 343 g/mol. The first-order chi connectivity index (χ1) is 8.13. The zero-order chi connectivity index (χ0) is 12.7. The number of carbonyl (C=O) groups excluding carboxylic acids is 1. The SMILES string of the molecule is C=CCNC(=NCC(=O)N(C)C)NCC1CC1.I. The van der Waals surface area contributed by atoms with Crippen molar-refractivity contribution in [2.75, 3.05) is 33.7 Å². The average molecular weight is 366 g/mol. The largest absolute Gasteiger partial charge is 0.356 e. The first kappa shape index (κ1) is 17.2. The standard InChI is InChI=1S/C12H22N4O.HI/c1-4-7-13-12(14-8-10-5-6-10)15-9-11(17)16(2)3;/h4,10H,1,5-9H2,2-3H3,(H2,13,14,15);1H. The van der Waals surface area contributed by atoms with Crippen LogP contribution in [0.5, 0.6) is 0 Å². The van der Waals surface area contributed by atoms with Gasteiger partial charge in [0.25, 0.3) is 0 Å². The Bertz CT molecular complexity index is 300. The number of likely N-dealkylation sites (N-methyl/N-ethyl adjacent to an activating group) is 1. The molecule has 0 bridgehead atoms. The van der Waals surface area contributed by atoms with Crippen LogP contribution in [-0.2, 0) is 4.79 Å². The Morgan fingerprint density at radius 2 is 2.11 bits per heavy atom. The van der Waals surface area contributed by atoms with Gasteiger partial charge in [-0.2, -0.15) is 0 Å². The first-order valence-electron chi connectivity index (χ1n) is 5.96. The van der Waals surface area contributed by atoms with E-state index in [2.05, 4.69) is 22.2 Å². The second-order valence-electron chi connectivity index (χ2n) is 4.45. The van der Waals surface area contributed by atoms with Crippen LogP contribution < -0.4 is 10.6 Å². The Kier molecular flexibility index (Phi) is 8.78. The van der Waals surface area contributed by atoms with E-state index >= 15 is 0 Å². The molecule has 2 N–H and O–H groups in total. The van der Waals surface area contributed by atoms with Gasteiger partial charge in [0.1, 0.15) is 6.54 Å². The van der Waals surface area contributed by atoms with E-state index in [1.807, 2.05) is 0 Å². The lowest BCUT2D eigenvalue weighted by Crippen LogP contribution is -2.39. The van der Waals surface area contributed by atoms with Crippen LogP contribution in [0.15, 0.2) is 17.6 Å². The van der Waals surface area contributed by atoms with E-state index in [9.17, 15) is 4.79 Å². The van der Waals surface area contributed by atoms with Crippen LogP contribution in [0.25, 0.3) is 0 Å². The normalized spacial score (nSPS) is 14.4. The molecule has 0 aliphatic heterocycles. The summed E-state index contributed by atoms with van der Waals surface area (Å²) in [5.74, 6) is 1.46. The molecule has 0 unspecified atom stereocenters. The van der Waals surface area contributed by atoms with Crippen molar-refractivity contribution in [1.82, 2.24) is 15.5 Å². The predicted octanol–water partition coefficient (Wildman–Crippen LogP) is 0.824. The summed E-state index contributed by atoms with van der Waals surface area (Å²) in [5.41, 5.74) is 0. The van der Waals surface area contributed by atoms with Crippen molar-refractivity contribution in [2.24, 2.45) is 10.9 Å². The van der Waals surface area contributed by atoms with E-state index < -0.39 is 0 Å². The molecule has 104 valence electrons. The average Bonchev–Trinajstić information content (AvgIpc) is 3.11. The van der Waals surface area contributed by atoms with Crippen molar-refractivity contribution in [3.63, 3.8) is 0 Å². The van der Waals surface area contributed by atoms with Crippen LogP contribution in [0.1, 0.15) is 12.8 Å². The lowest BCUT2D eigenvalue weighted by Gasteiger charge is -2.12. The topological polar surface area (TPSA) is 56.7 Å². The highest BCUT2D eigenvalue weighted by atomic mass is 127. The highest BCUT2D eigenvalue weighted by molar-refractivity contribution is 14.0. The van der Waals surface area contributed by atoms with E-state index in [0.717, 1.165) is 12.5 Å². The fourth-order valence-corrected chi connectivity index (χ4v) is 1.19. The summed E-state index contributed by atoms with van der Waals surface area (Å²) in [4.78, 5) is 17.2. The molecule has 1 amide bonds. The third-order valence-electron chi connectivity index (χ3n) is 2.54. The van der Waals surface area contributed by atoms with Crippen LogP contribution in [0.4, 0.5) is 0 Å². The maximum Gasteiger partial charge on any atom is 0.243 e. The number of nitrogens with zero attached hydrogens (tertiary/aromatic N) is 2. The number of carbonyl (C=O) groups is 1. The molecule has 0 aromatic rings. The molecule has 6 heteroatoms. The van der Waals surface area contributed by atoms with E-state index in [1.54, 1.807) is 20.2 Å². The molecule has 0 heterocycles. The summed E-state index contributed by atoms with van der Waals surface area (Å²) in [7, 11) is 3.46. The van der Waals surface area contributed by atoms with Crippen molar-refractivity contribution in [2.45, 2.75) is 12.8 Å². The second kappa shape index (κ2) is 9.18. The van der Waals surface area contributed by atoms with Gasteiger partial charge in [0.2, 0.25) is 5.91 Å². The van der Waals surface area contributed by atoms with Crippen LogP contribution in [0, 0.1) is 5.92 Å². The second-order valence-corrected chi connectivity index (χ2v) is 4.45. The van der Waals surface area contributed by atoms with Gasteiger partial charge in [-0.15, -0.1) is 30.6 Å². The Balaban J connectivity index is 0.00000289. The summed E-state index contributed by atoms with van der Waals surface area (Å²) >= 11 is 0. The van der Waals surface area contributed by atoms with Crippen LogP contribution in [-0.4, -0.2) is 50.5 Å². The molecule has 18 heavy (non-hydrogen) atoms. The molecule has 1 saturated carbocycles. The van der Waals surface area contributed by atoms with Crippen molar-refractivity contribution < 1.29 is 4.79 Å². The molecular formula is C12H23IN4O. The zero-order valence-corrected chi connectivity index (χ0v) is 13.4. The number of hydrogen-bond donors (Lipinski definition) is 2. The highest BCUT2D eigenvalue weighted by Gasteiger charge is 2.21. The van der Waals surface area contributed by atoms with Crippen molar-refractivity contribution in [1.29, 1.82) is 0 Å². The minimum Gasteiger partial charge on any atom is -0.356 e. The van der Waals surface area contributed by atoms with E-state index in [-0.39, 0.29) is 36.4 Å². The number of guanidine groups is 1. The maximum atomic E-state index is 11.4. The fraction of sp³-hybridized carbons (Fsp3) is 0.667. The van der Waals surface area contributed by atoms with Gasteiger partial charge in [0.05, 0.1) is 0 Å². The minimum absolute atomic E-state index is 0. The molecule has 5 nitrogen and oxygen atoms in total. The van der Waals surface area contributed by atoms with Crippen LogP contribution in [0.3, 0.4) is 0 Å². The molecule has 0 radical (unpaired) electrons. The summed E-state index contributed by atoms with van der Waals surface area (Å²) < 4.78 is 0. The molecule has 1 fully saturated rings. The Morgan fingerprint density at radius 3 is 2.61 bits per heavy atom. The number of halogens is 1. The molecule has 1 aliphatic rings. The molecule has 0 atom stereocenters. The number of hydrogen-bond acceptors (Lipinski definition) is 2. The summed E-state index contributed by atoms with van der Waals surface area (Å²) in [6.45, 7) is 5.39. The summed E-state index contributed by atoms with van der Waals surface area (Å²) in [6, 6.07) is 0. The van der Waals surface area contributed by atoms with Gasteiger partial charge in [0.15, 0.2) is 5.96 Å². The Morgan fingerprint density at radius 1 is 1.44 bits per heavy atom. The number of rotatable bonds is 6. The van der Waals surface area contributed by atoms with Gasteiger partial charge in [-0.3, -0.25) is 4.79 Å². The Labute approximate surface area is 126 Å². The third kappa shape index (κ3) is 7.52. The number of aliphatic imine (C=N–C) groups is 1. The molecule has 1 aliphatic carbocycles. The Hall–Kier alpha value is -0.790. The quantitative estimate of drug-likeness (QED) is 0.317. The first-order valence-corrected chi connectivity index (χ1v) is 5.96. The number of amides is 1. The van der Waals surface area contributed by atoms with Crippen LogP contribution in [0.2, 0.25) is 0 Å². The summed E-state index contributed by atoms with van der Waals surface area (Å²) in [5, 5.41) is 6.33. The molecule has 0 aromatic heterocycles. The van der Waals surface area contributed by atoms with Gasteiger partial charge in [-0.05, 0) is 18.8 Å². The fourth-order valence-electron chi connectivity index (χ4n) is 1.19. The number of nitrogens with one attached hydrogen (secondary N) is 2. The molecule has 0 saturated heterocycles. The van der Waals surface area contributed by atoms with Crippen molar-refractivity contribution in [3.05, 3.63) is 12.7 Å². The summed E-state index contributed by atoms with van der Waals surface area (Å²) in [6.07, 6.45) is 4.35. The van der Waals surface area contributed by atoms with Crippen LogP contribution >= 0.6 is 24.0 Å². The lowest BCUT2D eigenvalue weighted by atomic mass is 10.4. The van der Waals surface area contributed by atoms with Gasteiger partial charge in [0, 0.05) is 27.2 Å². The van der Waals surface area contributed by atoms with E-state index in [1.165, 1.54) is 17.7 Å². The third-order valence-corrected chi connectivity index (χ3v) is 2.54. The molecule has 1 rings (SSSR count). The zero-order valence-electron chi connectivity index (χ0n) is 11.1. The van der Waals surface area contributed by atoms with Gasteiger partial charge < -0.3 is 15.5 Å². The molecule has 0 spiro atoms. The van der Waals surface area contributed by atoms with Crippen molar-refractivity contribution >= 4 is 35.8 Å². The molecule has 0 aromatic carbocycles. The van der Waals surface area contributed by atoms with Gasteiger partial charge >= 0.3 is 0 Å².